The highest BCUT2D eigenvalue weighted by Gasteiger charge is 2.38. The lowest BCUT2D eigenvalue weighted by Gasteiger charge is -2.45. The standard InChI is InChI=1S/C32H37FN6O3/c1-20-14-38(28-10-8-21(13-34)30-25(28)6-5-11-35-30)16-24-19-41-29-12-23(9-7-22(29)15-39(20)24)37-17-26(33)27(18-37)36-31(40)42-32(2,3)4/h5-12,20,24,26-27H,14-19H2,1-4H3,(H,36,40)/t20-,24-,26+,27-/m0/s1. The third-order valence-corrected chi connectivity index (χ3v) is 8.31. The summed E-state index contributed by atoms with van der Waals surface area (Å²) < 4.78 is 26.6. The number of alkyl carbamates (subject to hydrolysis) is 1. The number of amides is 1. The van der Waals surface area contributed by atoms with Crippen LogP contribution < -0.4 is 19.9 Å². The van der Waals surface area contributed by atoms with Crippen molar-refractivity contribution < 1.29 is 18.7 Å². The Morgan fingerprint density at radius 2 is 1.98 bits per heavy atom. The summed E-state index contributed by atoms with van der Waals surface area (Å²) in [6.45, 7) is 11.1. The number of rotatable bonds is 3. The Morgan fingerprint density at radius 1 is 1.14 bits per heavy atom. The first kappa shape index (κ1) is 28.0. The fraction of sp³-hybridized carbons (Fsp3) is 0.469. The number of alkyl halides is 1. The van der Waals surface area contributed by atoms with E-state index in [0.717, 1.165) is 53.2 Å². The summed E-state index contributed by atoms with van der Waals surface area (Å²) >= 11 is 0. The molecule has 0 saturated carbocycles. The molecular weight excluding hydrogens is 535 g/mol. The molecule has 4 heterocycles. The molecule has 0 unspecified atom stereocenters. The van der Waals surface area contributed by atoms with Crippen LogP contribution in [0.3, 0.4) is 0 Å². The lowest BCUT2D eigenvalue weighted by molar-refractivity contribution is 0.0490. The number of nitriles is 1. The molecule has 9 nitrogen and oxygen atoms in total. The van der Waals surface area contributed by atoms with Crippen LogP contribution in [-0.4, -0.2) is 78.7 Å². The van der Waals surface area contributed by atoms with E-state index >= 15 is 0 Å². The van der Waals surface area contributed by atoms with Gasteiger partial charge in [0.15, 0.2) is 0 Å². The molecule has 3 aliphatic heterocycles. The Morgan fingerprint density at radius 3 is 2.76 bits per heavy atom. The van der Waals surface area contributed by atoms with Crippen molar-refractivity contribution in [1.29, 1.82) is 5.26 Å². The van der Waals surface area contributed by atoms with Crippen molar-refractivity contribution in [3.63, 3.8) is 0 Å². The van der Waals surface area contributed by atoms with Gasteiger partial charge in [-0.25, -0.2) is 9.18 Å². The van der Waals surface area contributed by atoms with Gasteiger partial charge >= 0.3 is 6.09 Å². The van der Waals surface area contributed by atoms with Gasteiger partial charge in [0, 0.05) is 66.8 Å². The second-order valence-electron chi connectivity index (χ2n) is 12.5. The number of hydrogen-bond donors (Lipinski definition) is 1. The third kappa shape index (κ3) is 5.53. The third-order valence-electron chi connectivity index (χ3n) is 8.31. The molecule has 42 heavy (non-hydrogen) atoms. The molecule has 0 radical (unpaired) electrons. The molecule has 6 rings (SSSR count). The number of hydrogen-bond acceptors (Lipinski definition) is 8. The summed E-state index contributed by atoms with van der Waals surface area (Å²) in [5.41, 5.74) is 3.72. The molecule has 4 atom stereocenters. The zero-order valence-electron chi connectivity index (χ0n) is 24.5. The van der Waals surface area contributed by atoms with Crippen molar-refractivity contribution in [3.8, 4) is 11.8 Å². The molecule has 3 aromatic rings. The first-order valence-electron chi connectivity index (χ1n) is 14.5. The van der Waals surface area contributed by atoms with Gasteiger partial charge in [-0.1, -0.05) is 6.07 Å². The van der Waals surface area contributed by atoms with E-state index in [-0.39, 0.29) is 18.6 Å². The molecule has 2 saturated heterocycles. The normalized spacial score (nSPS) is 24.3. The maximum atomic E-state index is 14.9. The highest BCUT2D eigenvalue weighted by Crippen LogP contribution is 2.36. The minimum Gasteiger partial charge on any atom is -0.491 e. The second-order valence-corrected chi connectivity index (χ2v) is 12.5. The molecule has 10 heteroatoms. The van der Waals surface area contributed by atoms with Crippen molar-refractivity contribution in [3.05, 3.63) is 59.8 Å². The Hall–Kier alpha value is -4.10. The minimum atomic E-state index is -1.20. The highest BCUT2D eigenvalue weighted by molar-refractivity contribution is 5.95. The largest absolute Gasteiger partial charge is 0.491 e. The topological polar surface area (TPSA) is 94.0 Å². The van der Waals surface area contributed by atoms with Crippen molar-refractivity contribution in [2.24, 2.45) is 0 Å². The number of nitrogens with zero attached hydrogens (tertiary/aromatic N) is 5. The number of anilines is 2. The van der Waals surface area contributed by atoms with Gasteiger partial charge in [0.25, 0.3) is 0 Å². The fourth-order valence-electron chi connectivity index (χ4n) is 6.33. The molecule has 220 valence electrons. The average Bonchev–Trinajstić information content (AvgIpc) is 3.19. The SMILES string of the molecule is C[C@H]1CN(c2ccc(C#N)c3ncccc23)C[C@H]2COc3cc(N4C[C@@H](F)[C@@H](NC(=O)OC(C)(C)C)C4)ccc3CN21. The van der Waals surface area contributed by atoms with Crippen molar-refractivity contribution in [2.75, 3.05) is 42.6 Å². The zero-order valence-corrected chi connectivity index (χ0v) is 24.5. The number of benzene rings is 2. The van der Waals surface area contributed by atoms with Gasteiger partial charge in [0.2, 0.25) is 0 Å². The van der Waals surface area contributed by atoms with Crippen molar-refractivity contribution in [2.45, 2.75) is 64.1 Å². The van der Waals surface area contributed by atoms with Gasteiger partial charge in [-0.3, -0.25) is 9.88 Å². The van der Waals surface area contributed by atoms with Gasteiger partial charge in [-0.15, -0.1) is 0 Å². The van der Waals surface area contributed by atoms with Crippen LogP contribution in [0.4, 0.5) is 20.6 Å². The molecule has 0 bridgehead atoms. The van der Waals surface area contributed by atoms with Gasteiger partial charge < -0.3 is 24.6 Å². The van der Waals surface area contributed by atoms with E-state index < -0.39 is 23.9 Å². The Labute approximate surface area is 245 Å². The average molecular weight is 573 g/mol. The van der Waals surface area contributed by atoms with Crippen LogP contribution in [0.5, 0.6) is 5.75 Å². The smallest absolute Gasteiger partial charge is 0.408 e. The highest BCUT2D eigenvalue weighted by atomic mass is 19.1. The quantitative estimate of drug-likeness (QED) is 0.486. The first-order valence-corrected chi connectivity index (χ1v) is 14.5. The van der Waals surface area contributed by atoms with E-state index in [1.165, 1.54) is 0 Å². The number of aromatic nitrogens is 1. The number of halogens is 1. The lowest BCUT2D eigenvalue weighted by atomic mass is 10.0. The first-order chi connectivity index (χ1) is 20.1. The summed E-state index contributed by atoms with van der Waals surface area (Å²) in [5, 5.41) is 13.2. The van der Waals surface area contributed by atoms with E-state index in [1.807, 2.05) is 41.3 Å². The maximum Gasteiger partial charge on any atom is 0.408 e. The summed E-state index contributed by atoms with van der Waals surface area (Å²) in [6, 6.07) is 16.0. The summed E-state index contributed by atoms with van der Waals surface area (Å²) in [7, 11) is 0. The summed E-state index contributed by atoms with van der Waals surface area (Å²) in [6.07, 6.45) is -0.0787. The van der Waals surface area contributed by atoms with Crippen LogP contribution in [-0.2, 0) is 11.3 Å². The minimum absolute atomic E-state index is 0.163. The van der Waals surface area contributed by atoms with E-state index in [0.29, 0.717) is 18.7 Å². The van der Waals surface area contributed by atoms with E-state index in [4.69, 9.17) is 9.47 Å². The van der Waals surface area contributed by atoms with Crippen LogP contribution in [0, 0.1) is 11.3 Å². The summed E-state index contributed by atoms with van der Waals surface area (Å²) in [5.74, 6) is 0.813. The van der Waals surface area contributed by atoms with Gasteiger partial charge in [0.05, 0.1) is 29.7 Å². The zero-order chi connectivity index (χ0) is 29.6. The molecule has 2 fully saturated rings. The number of carbonyl (C=O) groups is 1. The molecule has 0 spiro atoms. The molecule has 0 aliphatic carbocycles. The Kier molecular flexibility index (Phi) is 7.31. The predicted octanol–water partition coefficient (Wildman–Crippen LogP) is 4.63. The van der Waals surface area contributed by atoms with Gasteiger partial charge in [-0.05, 0) is 58.0 Å². The van der Waals surface area contributed by atoms with E-state index in [9.17, 15) is 14.4 Å². The molecular formula is C32H37FN6O3. The maximum absolute atomic E-state index is 14.9. The number of fused-ring (bicyclic) bond motifs is 3. The van der Waals surface area contributed by atoms with E-state index in [1.54, 1.807) is 27.0 Å². The molecule has 3 aliphatic rings. The molecule has 1 aromatic heterocycles. The van der Waals surface area contributed by atoms with Crippen molar-refractivity contribution in [1.82, 2.24) is 15.2 Å². The number of pyridine rings is 1. The van der Waals surface area contributed by atoms with Crippen LogP contribution in [0.2, 0.25) is 0 Å². The van der Waals surface area contributed by atoms with Crippen LogP contribution in [0.15, 0.2) is 48.7 Å². The van der Waals surface area contributed by atoms with Crippen molar-refractivity contribution >= 4 is 28.4 Å². The summed E-state index contributed by atoms with van der Waals surface area (Å²) in [4.78, 5) is 23.5. The second kappa shape index (κ2) is 11.0. The number of piperazine rings is 1. The van der Waals surface area contributed by atoms with E-state index in [2.05, 4.69) is 39.2 Å². The van der Waals surface area contributed by atoms with Crippen LogP contribution >= 0.6 is 0 Å². The van der Waals surface area contributed by atoms with Gasteiger partial charge in [-0.2, -0.15) is 5.26 Å². The fourth-order valence-corrected chi connectivity index (χ4v) is 6.33. The number of ether oxygens (including phenoxy) is 2. The Bertz CT molecular complexity index is 1530. The van der Waals surface area contributed by atoms with Gasteiger partial charge in [0.1, 0.15) is 30.2 Å². The Balaban J connectivity index is 1.16. The monoisotopic (exact) mass is 572 g/mol. The lowest BCUT2D eigenvalue weighted by Crippen LogP contribution is -2.58. The molecule has 1 N–H and O–H groups in total. The number of nitrogens with one attached hydrogen (secondary N) is 1. The molecule has 2 aromatic carbocycles. The number of carbonyl (C=O) groups excluding carboxylic acids is 1. The van der Waals surface area contributed by atoms with Crippen LogP contribution in [0.1, 0.15) is 38.8 Å². The predicted molar refractivity (Wildman–Crippen MR) is 160 cm³/mol. The van der Waals surface area contributed by atoms with Crippen LogP contribution in [0.25, 0.3) is 10.9 Å². The molecule has 1 amide bonds.